The van der Waals surface area contributed by atoms with Gasteiger partial charge in [0.2, 0.25) is 5.91 Å². The van der Waals surface area contributed by atoms with Crippen LogP contribution in [-0.4, -0.2) is 64.3 Å². The number of likely N-dealkylation sites (N-methyl/N-ethyl adjacent to an activating group) is 1. The Balaban J connectivity index is 4.53. The quantitative estimate of drug-likeness (QED) is 0.498. The lowest BCUT2D eigenvalue weighted by Gasteiger charge is -2.24. The van der Waals surface area contributed by atoms with Gasteiger partial charge in [-0.1, -0.05) is 0 Å². The summed E-state index contributed by atoms with van der Waals surface area (Å²) < 4.78 is 0. The second kappa shape index (κ2) is 8.36. The van der Waals surface area contributed by atoms with Crippen LogP contribution in [0.5, 0.6) is 0 Å². The van der Waals surface area contributed by atoms with Crippen molar-refractivity contribution < 1.29 is 24.6 Å². The summed E-state index contributed by atoms with van der Waals surface area (Å²) in [7, 11) is 0. The summed E-state index contributed by atoms with van der Waals surface area (Å²) >= 11 is 0. The number of carboxylic acid groups (broad SMARTS) is 1. The molecule has 0 heterocycles. The van der Waals surface area contributed by atoms with Crippen molar-refractivity contribution in [3.8, 4) is 0 Å². The number of carbonyl (C=O) groups is 3. The Morgan fingerprint density at radius 3 is 1.95 bits per heavy atom. The van der Waals surface area contributed by atoms with Crippen LogP contribution in [0.2, 0.25) is 0 Å². The molecular formula is C12H23N3O5. The highest BCUT2D eigenvalue weighted by atomic mass is 16.4. The number of aliphatic hydroxyl groups is 1. The van der Waals surface area contributed by atoms with Crippen LogP contribution in [-0.2, 0) is 9.59 Å². The van der Waals surface area contributed by atoms with Gasteiger partial charge in [0.1, 0.15) is 6.04 Å². The molecule has 0 rings (SSSR count). The summed E-state index contributed by atoms with van der Waals surface area (Å²) in [4.78, 5) is 35.9. The van der Waals surface area contributed by atoms with Gasteiger partial charge in [0, 0.05) is 13.1 Å². The normalized spacial score (nSPS) is 14.8. The first-order valence-electron chi connectivity index (χ1n) is 6.51. The second-order valence-corrected chi connectivity index (χ2v) is 4.41. The minimum Gasteiger partial charge on any atom is -0.480 e. The fourth-order valence-corrected chi connectivity index (χ4v) is 1.64. The van der Waals surface area contributed by atoms with Crippen LogP contribution in [0, 0.1) is 0 Å². The van der Waals surface area contributed by atoms with Crippen LogP contribution in [0.1, 0.15) is 27.7 Å². The molecule has 4 N–H and O–H groups in total. The molecule has 8 heteroatoms. The van der Waals surface area contributed by atoms with Gasteiger partial charge < -0.3 is 25.7 Å². The van der Waals surface area contributed by atoms with E-state index in [1.165, 1.54) is 13.8 Å². The molecule has 0 aliphatic heterocycles. The number of nitrogens with one attached hydrogen (secondary N) is 2. The van der Waals surface area contributed by atoms with Gasteiger partial charge in [-0.05, 0) is 27.7 Å². The van der Waals surface area contributed by atoms with Crippen LogP contribution in [0.25, 0.3) is 0 Å². The number of hydrogen-bond donors (Lipinski definition) is 4. The molecule has 0 saturated carbocycles. The lowest BCUT2D eigenvalue weighted by Crippen LogP contribution is -2.55. The Morgan fingerprint density at radius 1 is 1.10 bits per heavy atom. The molecule has 3 amide bonds. The van der Waals surface area contributed by atoms with E-state index in [-0.39, 0.29) is 5.91 Å². The van der Waals surface area contributed by atoms with Gasteiger partial charge in [0.05, 0.1) is 6.10 Å². The summed E-state index contributed by atoms with van der Waals surface area (Å²) in [6.45, 7) is 7.45. The molecule has 0 fully saturated rings. The van der Waals surface area contributed by atoms with E-state index in [9.17, 15) is 19.5 Å². The minimum atomic E-state index is -1.43. The van der Waals surface area contributed by atoms with Gasteiger partial charge in [-0.25, -0.2) is 9.59 Å². The van der Waals surface area contributed by atoms with Crippen LogP contribution < -0.4 is 10.6 Å². The maximum atomic E-state index is 11.9. The average Bonchev–Trinajstić information content (AvgIpc) is 2.36. The van der Waals surface area contributed by atoms with Crippen LogP contribution >= 0.6 is 0 Å². The number of aliphatic hydroxyl groups excluding tert-OH is 1. The Kier molecular flexibility index (Phi) is 7.60. The van der Waals surface area contributed by atoms with Crippen LogP contribution in [0.15, 0.2) is 0 Å². The molecule has 0 aliphatic rings. The number of aliphatic carboxylic acids is 1. The Labute approximate surface area is 118 Å². The number of urea groups is 1. The zero-order chi connectivity index (χ0) is 15.9. The van der Waals surface area contributed by atoms with Crippen molar-refractivity contribution in [3.63, 3.8) is 0 Å². The third kappa shape index (κ3) is 5.43. The van der Waals surface area contributed by atoms with Gasteiger partial charge >= 0.3 is 12.0 Å². The van der Waals surface area contributed by atoms with E-state index in [2.05, 4.69) is 10.6 Å². The highest BCUT2D eigenvalue weighted by Gasteiger charge is 2.27. The highest BCUT2D eigenvalue weighted by molar-refractivity contribution is 5.88. The molecule has 1 unspecified atom stereocenters. The summed E-state index contributed by atoms with van der Waals surface area (Å²) in [5, 5.41) is 22.5. The average molecular weight is 289 g/mol. The van der Waals surface area contributed by atoms with E-state index in [1.54, 1.807) is 4.90 Å². The zero-order valence-corrected chi connectivity index (χ0v) is 12.2. The third-order valence-electron chi connectivity index (χ3n) is 2.83. The van der Waals surface area contributed by atoms with E-state index in [4.69, 9.17) is 5.11 Å². The van der Waals surface area contributed by atoms with Gasteiger partial charge in [-0.3, -0.25) is 4.79 Å². The van der Waals surface area contributed by atoms with Gasteiger partial charge in [-0.2, -0.15) is 0 Å². The Morgan fingerprint density at radius 2 is 1.60 bits per heavy atom. The summed E-state index contributed by atoms with van der Waals surface area (Å²) in [6, 6.07) is -3.02. The van der Waals surface area contributed by atoms with Crippen molar-refractivity contribution >= 4 is 17.9 Å². The standard InChI is InChI=1S/C12H23N3O5/c1-5-15(6-2)10(17)7(3)13-12(20)14-9(8(4)16)11(18)19/h7-9,16H,5-6H2,1-4H3,(H,18,19)(H2,13,14,20)/t7?,8-,9+/m1/s1. The first kappa shape index (κ1) is 18.2. The van der Waals surface area contributed by atoms with E-state index in [0.717, 1.165) is 0 Å². The molecule has 20 heavy (non-hydrogen) atoms. The molecule has 0 aliphatic carbocycles. The van der Waals surface area contributed by atoms with Crippen molar-refractivity contribution in [1.82, 2.24) is 15.5 Å². The fraction of sp³-hybridized carbons (Fsp3) is 0.750. The molecule has 0 aromatic carbocycles. The first-order chi connectivity index (χ1) is 9.24. The lowest BCUT2D eigenvalue weighted by atomic mass is 10.2. The summed E-state index contributed by atoms with van der Waals surface area (Å²) in [5.74, 6) is -1.60. The Hall–Kier alpha value is -1.83. The fourth-order valence-electron chi connectivity index (χ4n) is 1.64. The molecule has 116 valence electrons. The molecule has 3 atom stereocenters. The van der Waals surface area contributed by atoms with Gasteiger partial charge in [0.15, 0.2) is 6.04 Å². The maximum Gasteiger partial charge on any atom is 0.328 e. The molecular weight excluding hydrogens is 266 g/mol. The second-order valence-electron chi connectivity index (χ2n) is 4.41. The number of carbonyl (C=O) groups excluding carboxylic acids is 2. The van der Waals surface area contributed by atoms with Crippen molar-refractivity contribution in [1.29, 1.82) is 0 Å². The van der Waals surface area contributed by atoms with Gasteiger partial charge in [0.25, 0.3) is 0 Å². The van der Waals surface area contributed by atoms with Crippen LogP contribution in [0.3, 0.4) is 0 Å². The number of rotatable bonds is 7. The largest absolute Gasteiger partial charge is 0.480 e. The molecule has 0 bridgehead atoms. The van der Waals surface area contributed by atoms with Crippen molar-refractivity contribution in [3.05, 3.63) is 0 Å². The number of hydrogen-bond acceptors (Lipinski definition) is 4. The minimum absolute atomic E-state index is 0.255. The Bertz CT molecular complexity index is 355. The number of carboxylic acids is 1. The van der Waals surface area contributed by atoms with Crippen LogP contribution in [0.4, 0.5) is 4.79 Å². The molecule has 0 radical (unpaired) electrons. The molecule has 0 aromatic heterocycles. The smallest absolute Gasteiger partial charge is 0.328 e. The topological polar surface area (TPSA) is 119 Å². The number of nitrogens with zero attached hydrogens (tertiary/aromatic N) is 1. The van der Waals surface area contributed by atoms with E-state index in [1.807, 2.05) is 13.8 Å². The number of amides is 3. The molecule has 0 saturated heterocycles. The van der Waals surface area contributed by atoms with Crippen molar-refractivity contribution in [2.24, 2.45) is 0 Å². The van der Waals surface area contributed by atoms with E-state index in [0.29, 0.717) is 13.1 Å². The molecule has 0 aromatic rings. The van der Waals surface area contributed by atoms with E-state index < -0.39 is 30.2 Å². The van der Waals surface area contributed by atoms with Gasteiger partial charge in [-0.15, -0.1) is 0 Å². The molecule has 8 nitrogen and oxygen atoms in total. The predicted molar refractivity (Wildman–Crippen MR) is 72.2 cm³/mol. The van der Waals surface area contributed by atoms with E-state index >= 15 is 0 Å². The van der Waals surface area contributed by atoms with Crippen molar-refractivity contribution in [2.45, 2.75) is 45.9 Å². The zero-order valence-electron chi connectivity index (χ0n) is 12.2. The predicted octanol–water partition coefficient (Wildman–Crippen LogP) is -0.623. The van der Waals surface area contributed by atoms with Crippen molar-refractivity contribution in [2.75, 3.05) is 13.1 Å². The third-order valence-corrected chi connectivity index (χ3v) is 2.83. The SMILES string of the molecule is CCN(CC)C(=O)C(C)NC(=O)N[C@H](C(=O)O)[C@@H](C)O. The summed E-state index contributed by atoms with van der Waals surface area (Å²) in [5.41, 5.74) is 0. The monoisotopic (exact) mass is 289 g/mol. The lowest BCUT2D eigenvalue weighted by molar-refractivity contribution is -0.141. The maximum absolute atomic E-state index is 11.9. The molecule has 0 spiro atoms. The summed E-state index contributed by atoms with van der Waals surface area (Å²) in [6.07, 6.45) is -1.24. The first-order valence-corrected chi connectivity index (χ1v) is 6.51. The highest BCUT2D eigenvalue weighted by Crippen LogP contribution is 1.96.